The number of aliphatic carboxylic acids is 1. The number of carbonyl (C=O) groups is 1. The molecule has 0 aliphatic carbocycles. The van der Waals surface area contributed by atoms with Gasteiger partial charge in [-0.2, -0.15) is 0 Å². The maximum atomic E-state index is 11.2. The molecule has 0 amide bonds. The summed E-state index contributed by atoms with van der Waals surface area (Å²) in [5, 5.41) is 12.1. The quantitative estimate of drug-likeness (QED) is 0.719. The fourth-order valence-electron chi connectivity index (χ4n) is 2.50. The third-order valence-electron chi connectivity index (χ3n) is 4.31. The molecule has 1 saturated heterocycles. The van der Waals surface area contributed by atoms with Crippen molar-refractivity contribution in [1.29, 1.82) is 0 Å². The second-order valence-corrected chi connectivity index (χ2v) is 5.96. The number of likely N-dealkylation sites (N-methyl/N-ethyl adjacent to an activating group) is 1. The van der Waals surface area contributed by atoms with Gasteiger partial charge in [-0.3, -0.25) is 9.69 Å². The Morgan fingerprint density at radius 1 is 1.32 bits per heavy atom. The first-order valence-electron chi connectivity index (χ1n) is 7.28. The second-order valence-electron chi connectivity index (χ2n) is 5.96. The Hall–Kier alpha value is -0.650. The molecular formula is C14H29N3O2. The van der Waals surface area contributed by atoms with Gasteiger partial charge in [-0.25, -0.2) is 0 Å². The second kappa shape index (κ2) is 7.22. The summed E-state index contributed by atoms with van der Waals surface area (Å²) in [4.78, 5) is 16.1. The molecule has 0 aromatic rings. The molecule has 112 valence electrons. The van der Waals surface area contributed by atoms with Crippen LogP contribution in [0.3, 0.4) is 0 Å². The monoisotopic (exact) mass is 271 g/mol. The predicted molar refractivity (Wildman–Crippen MR) is 77.5 cm³/mol. The van der Waals surface area contributed by atoms with Crippen LogP contribution < -0.4 is 5.32 Å². The van der Waals surface area contributed by atoms with Crippen LogP contribution in [-0.4, -0.2) is 72.2 Å². The molecule has 19 heavy (non-hydrogen) atoms. The maximum Gasteiger partial charge on any atom is 0.323 e. The first-order chi connectivity index (χ1) is 8.89. The van der Waals surface area contributed by atoms with E-state index in [0.29, 0.717) is 12.5 Å². The van der Waals surface area contributed by atoms with Crippen molar-refractivity contribution in [2.45, 2.75) is 45.2 Å². The molecule has 0 spiro atoms. The van der Waals surface area contributed by atoms with E-state index in [-0.39, 0.29) is 0 Å². The number of nitrogens with one attached hydrogen (secondary N) is 1. The van der Waals surface area contributed by atoms with E-state index in [9.17, 15) is 9.90 Å². The van der Waals surface area contributed by atoms with Gasteiger partial charge < -0.3 is 15.3 Å². The first kappa shape index (κ1) is 16.4. The molecule has 1 rings (SSSR count). The van der Waals surface area contributed by atoms with E-state index in [1.165, 1.54) is 0 Å². The molecule has 0 aromatic heterocycles. The highest BCUT2D eigenvalue weighted by Gasteiger charge is 2.30. The van der Waals surface area contributed by atoms with Gasteiger partial charge in [0, 0.05) is 32.2 Å². The lowest BCUT2D eigenvalue weighted by Crippen LogP contribution is -2.50. The van der Waals surface area contributed by atoms with Gasteiger partial charge in [-0.15, -0.1) is 0 Å². The van der Waals surface area contributed by atoms with Crippen LogP contribution in [0.5, 0.6) is 0 Å². The van der Waals surface area contributed by atoms with E-state index < -0.39 is 11.5 Å². The SMILES string of the molecule is CNC(C)(CCCN1CCN(C(C)C)CC1)C(=O)O. The molecule has 0 radical (unpaired) electrons. The predicted octanol–water partition coefficient (Wildman–Crippen LogP) is 0.855. The fourth-order valence-corrected chi connectivity index (χ4v) is 2.50. The molecule has 0 saturated carbocycles. The van der Waals surface area contributed by atoms with E-state index in [0.717, 1.165) is 39.1 Å². The number of piperazine rings is 1. The van der Waals surface area contributed by atoms with Gasteiger partial charge in [-0.1, -0.05) is 0 Å². The van der Waals surface area contributed by atoms with Gasteiger partial charge in [0.2, 0.25) is 0 Å². The lowest BCUT2D eigenvalue weighted by molar-refractivity contribution is -0.144. The summed E-state index contributed by atoms with van der Waals surface area (Å²) in [6, 6.07) is 0.627. The Kier molecular flexibility index (Phi) is 6.23. The highest BCUT2D eigenvalue weighted by molar-refractivity contribution is 5.78. The van der Waals surface area contributed by atoms with Gasteiger partial charge in [0.25, 0.3) is 0 Å². The Bertz CT molecular complexity index is 288. The summed E-state index contributed by atoms with van der Waals surface area (Å²) in [5.41, 5.74) is -0.792. The lowest BCUT2D eigenvalue weighted by atomic mass is 9.96. The highest BCUT2D eigenvalue weighted by Crippen LogP contribution is 2.14. The molecule has 2 N–H and O–H groups in total. The van der Waals surface area contributed by atoms with Gasteiger partial charge in [0.05, 0.1) is 0 Å². The summed E-state index contributed by atoms with van der Waals surface area (Å²) >= 11 is 0. The fraction of sp³-hybridized carbons (Fsp3) is 0.929. The topological polar surface area (TPSA) is 55.8 Å². The van der Waals surface area contributed by atoms with Crippen LogP contribution in [0.4, 0.5) is 0 Å². The maximum absolute atomic E-state index is 11.2. The van der Waals surface area contributed by atoms with Crippen LogP contribution in [0.15, 0.2) is 0 Å². The molecule has 1 unspecified atom stereocenters. The lowest BCUT2D eigenvalue weighted by Gasteiger charge is -2.37. The number of hydrogen-bond acceptors (Lipinski definition) is 4. The molecule has 1 fully saturated rings. The van der Waals surface area contributed by atoms with Crippen molar-refractivity contribution in [3.8, 4) is 0 Å². The number of hydrogen-bond donors (Lipinski definition) is 2. The molecule has 0 bridgehead atoms. The van der Waals surface area contributed by atoms with Crippen LogP contribution in [0.25, 0.3) is 0 Å². The molecule has 5 heteroatoms. The number of rotatable bonds is 7. The zero-order valence-corrected chi connectivity index (χ0v) is 12.8. The van der Waals surface area contributed by atoms with Crippen LogP contribution >= 0.6 is 0 Å². The normalized spacial score (nSPS) is 21.5. The molecule has 5 nitrogen and oxygen atoms in total. The van der Waals surface area contributed by atoms with Crippen molar-refractivity contribution in [1.82, 2.24) is 15.1 Å². The minimum absolute atomic E-state index is 0.627. The average molecular weight is 271 g/mol. The van der Waals surface area contributed by atoms with Crippen molar-refractivity contribution in [3.05, 3.63) is 0 Å². The van der Waals surface area contributed by atoms with E-state index in [1.54, 1.807) is 14.0 Å². The van der Waals surface area contributed by atoms with Crippen LogP contribution in [0, 0.1) is 0 Å². The zero-order chi connectivity index (χ0) is 14.5. The molecule has 1 aliphatic heterocycles. The standard InChI is InChI=1S/C14H29N3O2/c1-12(2)17-10-8-16(9-11-17)7-5-6-14(3,15-4)13(18)19/h12,15H,5-11H2,1-4H3,(H,18,19). The van der Waals surface area contributed by atoms with E-state index in [2.05, 4.69) is 29.0 Å². The van der Waals surface area contributed by atoms with Crippen molar-refractivity contribution in [2.24, 2.45) is 0 Å². The molecule has 1 atom stereocenters. The molecular weight excluding hydrogens is 242 g/mol. The van der Waals surface area contributed by atoms with Gasteiger partial charge in [-0.05, 0) is 47.2 Å². The van der Waals surface area contributed by atoms with Crippen molar-refractivity contribution >= 4 is 5.97 Å². The van der Waals surface area contributed by atoms with Crippen molar-refractivity contribution in [2.75, 3.05) is 39.8 Å². The average Bonchev–Trinajstić information content (AvgIpc) is 2.38. The third-order valence-corrected chi connectivity index (χ3v) is 4.31. The van der Waals surface area contributed by atoms with Crippen LogP contribution in [0.1, 0.15) is 33.6 Å². The third kappa shape index (κ3) is 4.75. The largest absolute Gasteiger partial charge is 0.480 e. The number of carboxylic acid groups (broad SMARTS) is 1. The number of carboxylic acids is 1. The summed E-state index contributed by atoms with van der Waals surface area (Å²) in [5.74, 6) is -0.764. The van der Waals surface area contributed by atoms with Crippen LogP contribution in [-0.2, 0) is 4.79 Å². The zero-order valence-electron chi connectivity index (χ0n) is 12.8. The highest BCUT2D eigenvalue weighted by atomic mass is 16.4. The van der Waals surface area contributed by atoms with Gasteiger partial charge >= 0.3 is 5.97 Å². The Labute approximate surface area is 117 Å². The summed E-state index contributed by atoms with van der Waals surface area (Å²) in [7, 11) is 1.72. The Balaban J connectivity index is 2.26. The van der Waals surface area contributed by atoms with E-state index in [1.807, 2.05) is 0 Å². The van der Waals surface area contributed by atoms with Gasteiger partial charge in [0.1, 0.15) is 5.54 Å². The number of nitrogens with zero attached hydrogens (tertiary/aromatic N) is 2. The smallest absolute Gasteiger partial charge is 0.323 e. The van der Waals surface area contributed by atoms with Crippen LogP contribution in [0.2, 0.25) is 0 Å². The summed E-state index contributed by atoms with van der Waals surface area (Å²) < 4.78 is 0. The summed E-state index contributed by atoms with van der Waals surface area (Å²) in [6.07, 6.45) is 1.59. The van der Waals surface area contributed by atoms with E-state index in [4.69, 9.17) is 0 Å². The molecule has 1 heterocycles. The first-order valence-corrected chi connectivity index (χ1v) is 7.28. The minimum atomic E-state index is -0.792. The minimum Gasteiger partial charge on any atom is -0.480 e. The summed E-state index contributed by atoms with van der Waals surface area (Å²) in [6.45, 7) is 11.7. The Morgan fingerprint density at radius 2 is 1.89 bits per heavy atom. The molecule has 1 aliphatic rings. The van der Waals surface area contributed by atoms with Crippen molar-refractivity contribution in [3.63, 3.8) is 0 Å². The van der Waals surface area contributed by atoms with Crippen molar-refractivity contribution < 1.29 is 9.90 Å². The Morgan fingerprint density at radius 3 is 2.32 bits per heavy atom. The molecule has 0 aromatic carbocycles. The van der Waals surface area contributed by atoms with E-state index >= 15 is 0 Å². The van der Waals surface area contributed by atoms with Gasteiger partial charge in [0.15, 0.2) is 0 Å².